The zero-order valence-corrected chi connectivity index (χ0v) is 8.78. The molecule has 2 rings (SSSR count). The average molecular weight is 241 g/mol. The van der Waals surface area contributed by atoms with E-state index in [9.17, 15) is 13.2 Å². The van der Waals surface area contributed by atoms with Gasteiger partial charge in [-0.15, -0.1) is 0 Å². The molecule has 90 valence electrons. The van der Waals surface area contributed by atoms with E-state index in [-0.39, 0.29) is 5.56 Å². The van der Waals surface area contributed by atoms with Crippen molar-refractivity contribution >= 4 is 0 Å². The van der Waals surface area contributed by atoms with E-state index in [1.165, 1.54) is 6.07 Å². The predicted molar refractivity (Wildman–Crippen MR) is 56.7 cm³/mol. The summed E-state index contributed by atoms with van der Waals surface area (Å²) in [6, 6.07) is 7.32. The van der Waals surface area contributed by atoms with Crippen LogP contribution >= 0.6 is 0 Å². The molecule has 2 nitrogen and oxygen atoms in total. The first-order valence-corrected chi connectivity index (χ1v) is 4.96. The number of aliphatic hydroxyl groups excluding tert-OH is 1. The Balaban J connectivity index is 2.53. The number of aliphatic hydroxyl groups is 1. The molecule has 0 saturated heterocycles. The first-order valence-electron chi connectivity index (χ1n) is 4.96. The maximum atomic E-state index is 12.7. The standard InChI is InChI=1S/C12H10F3NO/c13-12(14,15)11-7-10(4-3-9(11)8-17)16-5-1-2-6-16/h1-7,17H,8H2. The summed E-state index contributed by atoms with van der Waals surface area (Å²) in [6.45, 7) is -0.624. The Labute approximate surface area is 95.9 Å². The molecule has 2 aromatic rings. The Morgan fingerprint density at radius 1 is 1.12 bits per heavy atom. The monoisotopic (exact) mass is 241 g/mol. The summed E-state index contributed by atoms with van der Waals surface area (Å²) in [5, 5.41) is 8.90. The van der Waals surface area contributed by atoms with Gasteiger partial charge in [0.25, 0.3) is 0 Å². The van der Waals surface area contributed by atoms with Gasteiger partial charge in [0.15, 0.2) is 0 Å². The number of alkyl halides is 3. The normalized spacial score (nSPS) is 11.8. The second-order valence-corrected chi connectivity index (χ2v) is 3.59. The summed E-state index contributed by atoms with van der Waals surface area (Å²) in [4.78, 5) is 0. The predicted octanol–water partition coefficient (Wildman–Crippen LogP) is 2.99. The second-order valence-electron chi connectivity index (χ2n) is 3.59. The van der Waals surface area contributed by atoms with Gasteiger partial charge in [0.1, 0.15) is 0 Å². The number of aromatic nitrogens is 1. The van der Waals surface area contributed by atoms with Crippen LogP contribution in [-0.2, 0) is 12.8 Å². The van der Waals surface area contributed by atoms with Crippen molar-refractivity contribution in [1.29, 1.82) is 0 Å². The molecule has 17 heavy (non-hydrogen) atoms. The molecule has 0 spiro atoms. The molecule has 5 heteroatoms. The van der Waals surface area contributed by atoms with Gasteiger partial charge in [-0.25, -0.2) is 0 Å². The molecule has 1 aromatic carbocycles. The van der Waals surface area contributed by atoms with E-state index in [1.54, 1.807) is 35.2 Å². The smallest absolute Gasteiger partial charge is 0.392 e. The second kappa shape index (κ2) is 4.25. The van der Waals surface area contributed by atoms with Gasteiger partial charge in [-0.3, -0.25) is 0 Å². The highest BCUT2D eigenvalue weighted by molar-refractivity contribution is 5.42. The summed E-state index contributed by atoms with van der Waals surface area (Å²) in [5.41, 5.74) is -0.501. The Kier molecular flexibility index (Phi) is 2.93. The Morgan fingerprint density at radius 3 is 2.29 bits per heavy atom. The van der Waals surface area contributed by atoms with Crippen LogP contribution in [0.25, 0.3) is 5.69 Å². The maximum Gasteiger partial charge on any atom is 0.416 e. The van der Waals surface area contributed by atoms with Crippen LogP contribution in [-0.4, -0.2) is 9.67 Å². The molecule has 0 amide bonds. The van der Waals surface area contributed by atoms with Crippen molar-refractivity contribution in [2.75, 3.05) is 0 Å². The first-order chi connectivity index (χ1) is 8.02. The van der Waals surface area contributed by atoms with Gasteiger partial charge in [-0.05, 0) is 29.8 Å². The van der Waals surface area contributed by atoms with Crippen LogP contribution < -0.4 is 0 Å². The third kappa shape index (κ3) is 2.34. The third-order valence-corrected chi connectivity index (χ3v) is 2.47. The fourth-order valence-electron chi connectivity index (χ4n) is 1.63. The highest BCUT2D eigenvalue weighted by Crippen LogP contribution is 2.33. The highest BCUT2D eigenvalue weighted by Gasteiger charge is 2.33. The number of halogens is 3. The van der Waals surface area contributed by atoms with Crippen molar-refractivity contribution in [2.24, 2.45) is 0 Å². The molecule has 0 aliphatic rings. The van der Waals surface area contributed by atoms with Crippen molar-refractivity contribution in [1.82, 2.24) is 4.57 Å². The van der Waals surface area contributed by atoms with E-state index in [0.717, 1.165) is 6.07 Å². The van der Waals surface area contributed by atoms with Gasteiger partial charge in [0.05, 0.1) is 12.2 Å². The lowest BCUT2D eigenvalue weighted by atomic mass is 10.1. The first kappa shape index (κ1) is 11.7. The van der Waals surface area contributed by atoms with Crippen LogP contribution in [0.4, 0.5) is 13.2 Å². The van der Waals surface area contributed by atoms with Crippen LogP contribution in [0.3, 0.4) is 0 Å². The molecular weight excluding hydrogens is 231 g/mol. The van der Waals surface area contributed by atoms with E-state index in [1.807, 2.05) is 0 Å². The zero-order valence-electron chi connectivity index (χ0n) is 8.78. The van der Waals surface area contributed by atoms with Crippen LogP contribution in [0.2, 0.25) is 0 Å². The van der Waals surface area contributed by atoms with Gasteiger partial charge < -0.3 is 9.67 Å². The topological polar surface area (TPSA) is 25.2 Å². The molecule has 1 N–H and O–H groups in total. The van der Waals surface area contributed by atoms with Gasteiger partial charge in [-0.1, -0.05) is 6.07 Å². The molecule has 0 fully saturated rings. The molecule has 0 unspecified atom stereocenters. The lowest BCUT2D eigenvalue weighted by Gasteiger charge is -2.13. The van der Waals surface area contributed by atoms with Crippen LogP contribution in [0.5, 0.6) is 0 Å². The number of rotatable bonds is 2. The molecule has 1 aromatic heterocycles. The van der Waals surface area contributed by atoms with Gasteiger partial charge in [-0.2, -0.15) is 13.2 Å². The number of hydrogen-bond donors (Lipinski definition) is 1. The summed E-state index contributed by atoms with van der Waals surface area (Å²) in [5.74, 6) is 0. The Morgan fingerprint density at radius 2 is 1.76 bits per heavy atom. The molecule has 1 heterocycles. The molecular formula is C12H10F3NO. The van der Waals surface area contributed by atoms with Crippen molar-refractivity contribution in [3.8, 4) is 5.69 Å². The maximum absolute atomic E-state index is 12.7. The van der Waals surface area contributed by atoms with E-state index >= 15 is 0 Å². The minimum absolute atomic E-state index is 0.117. The lowest BCUT2D eigenvalue weighted by molar-refractivity contribution is -0.138. The van der Waals surface area contributed by atoms with E-state index in [0.29, 0.717) is 5.69 Å². The van der Waals surface area contributed by atoms with Crippen molar-refractivity contribution < 1.29 is 18.3 Å². The molecule has 0 saturated carbocycles. The summed E-state index contributed by atoms with van der Waals surface area (Å²) in [7, 11) is 0. The molecule has 0 aliphatic heterocycles. The van der Waals surface area contributed by atoms with Gasteiger partial charge in [0, 0.05) is 18.1 Å². The Hall–Kier alpha value is -1.75. The summed E-state index contributed by atoms with van der Waals surface area (Å²) >= 11 is 0. The molecule has 0 bridgehead atoms. The van der Waals surface area contributed by atoms with Crippen molar-refractivity contribution in [3.05, 3.63) is 53.9 Å². The molecule has 0 aliphatic carbocycles. The quantitative estimate of drug-likeness (QED) is 0.859. The number of hydrogen-bond acceptors (Lipinski definition) is 1. The highest BCUT2D eigenvalue weighted by atomic mass is 19.4. The third-order valence-electron chi connectivity index (χ3n) is 2.47. The van der Waals surface area contributed by atoms with Crippen molar-refractivity contribution in [2.45, 2.75) is 12.8 Å². The summed E-state index contributed by atoms with van der Waals surface area (Å²) < 4.78 is 39.8. The number of nitrogens with zero attached hydrogens (tertiary/aromatic N) is 1. The molecule has 0 atom stereocenters. The van der Waals surface area contributed by atoms with E-state index < -0.39 is 18.3 Å². The minimum atomic E-state index is -4.46. The van der Waals surface area contributed by atoms with Gasteiger partial charge in [0.2, 0.25) is 0 Å². The largest absolute Gasteiger partial charge is 0.416 e. The minimum Gasteiger partial charge on any atom is -0.392 e. The van der Waals surface area contributed by atoms with Crippen molar-refractivity contribution in [3.63, 3.8) is 0 Å². The summed E-state index contributed by atoms with van der Waals surface area (Å²) in [6.07, 6.45) is -1.14. The van der Waals surface area contributed by atoms with E-state index in [2.05, 4.69) is 0 Å². The fraction of sp³-hybridized carbons (Fsp3) is 0.167. The van der Waals surface area contributed by atoms with Crippen LogP contribution in [0.15, 0.2) is 42.7 Å². The Bertz CT molecular complexity index is 503. The van der Waals surface area contributed by atoms with Crippen LogP contribution in [0, 0.1) is 0 Å². The van der Waals surface area contributed by atoms with E-state index in [4.69, 9.17) is 5.11 Å². The number of benzene rings is 1. The average Bonchev–Trinajstić information content (AvgIpc) is 2.80. The van der Waals surface area contributed by atoms with Gasteiger partial charge >= 0.3 is 6.18 Å². The molecule has 0 radical (unpaired) electrons. The van der Waals surface area contributed by atoms with Crippen LogP contribution in [0.1, 0.15) is 11.1 Å². The SMILES string of the molecule is OCc1ccc(-n2cccc2)cc1C(F)(F)F. The zero-order chi connectivity index (χ0) is 12.5. The lowest BCUT2D eigenvalue weighted by Crippen LogP contribution is -2.10. The fourth-order valence-corrected chi connectivity index (χ4v) is 1.63.